The molecule has 9 atom stereocenters. The summed E-state index contributed by atoms with van der Waals surface area (Å²) in [6.45, 7) is 6.79. The zero-order chi connectivity index (χ0) is 22.6. The molecular formula is C25H36O6. The smallest absolute Gasteiger partial charge is 0.303 e. The summed E-state index contributed by atoms with van der Waals surface area (Å²) in [6, 6.07) is 0. The lowest BCUT2D eigenvalue weighted by molar-refractivity contribution is -0.174. The van der Waals surface area contributed by atoms with Gasteiger partial charge in [0.1, 0.15) is 6.10 Å². The van der Waals surface area contributed by atoms with Crippen molar-refractivity contribution in [2.45, 2.75) is 84.7 Å². The van der Waals surface area contributed by atoms with Gasteiger partial charge in [-0.1, -0.05) is 20.8 Å². The highest BCUT2D eigenvalue weighted by atomic mass is 16.5. The zero-order valence-electron chi connectivity index (χ0n) is 19.0. The van der Waals surface area contributed by atoms with Gasteiger partial charge in [0, 0.05) is 17.8 Å². The molecule has 6 nitrogen and oxygen atoms in total. The Hall–Kier alpha value is -1.72. The fraction of sp³-hybridized carbons (Fsp3) is 0.840. The predicted molar refractivity (Wildman–Crippen MR) is 113 cm³/mol. The average Bonchev–Trinajstić information content (AvgIpc) is 3.08. The normalized spacial score (nSPS) is 45.3. The third-order valence-electron chi connectivity index (χ3n) is 10.1. The predicted octanol–water partition coefficient (Wildman–Crippen LogP) is 4.05. The Morgan fingerprint density at radius 2 is 1.94 bits per heavy atom. The minimum Gasteiger partial charge on any atom is -0.481 e. The highest BCUT2D eigenvalue weighted by Gasteiger charge is 2.67. The second-order valence-electron chi connectivity index (χ2n) is 11.2. The Morgan fingerprint density at radius 1 is 1.19 bits per heavy atom. The Kier molecular flexibility index (Phi) is 5.80. The first-order valence-electron chi connectivity index (χ1n) is 12.0. The molecule has 6 heteroatoms. The van der Waals surface area contributed by atoms with Crippen LogP contribution >= 0.6 is 0 Å². The van der Waals surface area contributed by atoms with Gasteiger partial charge in [-0.3, -0.25) is 19.2 Å². The standard InChI is InChI=1S/C25H36O6/c1-14(4-9-20(27)28)18-7-8-19-17-6-5-15-12-16(31-13-26)10-11-24(15,2)21(17)22(29)23(30)25(18,19)3/h13-19,21H,4-12H2,1-3H3,(H,27,28)/t14-,15?,16-,17+,18-,19+,21-,24+,25-/m1/s1. The second kappa shape index (κ2) is 8.00. The maximum atomic E-state index is 13.7. The summed E-state index contributed by atoms with van der Waals surface area (Å²) in [5.74, 6) is -0.461. The van der Waals surface area contributed by atoms with Crippen molar-refractivity contribution in [3.8, 4) is 0 Å². The molecule has 4 aliphatic carbocycles. The van der Waals surface area contributed by atoms with Crippen molar-refractivity contribution in [2.24, 2.45) is 46.3 Å². The molecule has 0 aromatic heterocycles. The maximum absolute atomic E-state index is 13.7. The highest BCUT2D eigenvalue weighted by Crippen LogP contribution is 2.66. The van der Waals surface area contributed by atoms with E-state index in [1.54, 1.807) is 0 Å². The van der Waals surface area contributed by atoms with Gasteiger partial charge >= 0.3 is 5.97 Å². The van der Waals surface area contributed by atoms with Crippen molar-refractivity contribution in [3.63, 3.8) is 0 Å². The minimum atomic E-state index is -0.807. The van der Waals surface area contributed by atoms with Crippen LogP contribution < -0.4 is 0 Å². The highest BCUT2D eigenvalue weighted by molar-refractivity contribution is 6.41. The molecule has 172 valence electrons. The number of carboxylic acid groups (broad SMARTS) is 1. The van der Waals surface area contributed by atoms with E-state index in [1.807, 2.05) is 6.92 Å². The van der Waals surface area contributed by atoms with Crippen LogP contribution in [0.25, 0.3) is 0 Å². The fourth-order valence-electron chi connectivity index (χ4n) is 8.48. The van der Waals surface area contributed by atoms with Crippen LogP contribution in [0.3, 0.4) is 0 Å². The van der Waals surface area contributed by atoms with E-state index in [-0.39, 0.29) is 59.1 Å². The van der Waals surface area contributed by atoms with E-state index in [0.717, 1.165) is 44.9 Å². The van der Waals surface area contributed by atoms with Gasteiger partial charge < -0.3 is 9.84 Å². The lowest BCUT2D eigenvalue weighted by atomic mass is 9.43. The van der Waals surface area contributed by atoms with Crippen LogP contribution in [0.2, 0.25) is 0 Å². The number of hydrogen-bond acceptors (Lipinski definition) is 5. The number of aliphatic carboxylic acids is 1. The van der Waals surface area contributed by atoms with Crippen LogP contribution in [0.5, 0.6) is 0 Å². The molecule has 4 rings (SSSR count). The Labute approximate surface area is 184 Å². The summed E-state index contributed by atoms with van der Waals surface area (Å²) in [6.07, 6.45) is 6.78. The van der Waals surface area contributed by atoms with Crippen LogP contribution in [0.1, 0.15) is 78.6 Å². The minimum absolute atomic E-state index is 0.0715. The molecule has 1 unspecified atom stereocenters. The van der Waals surface area contributed by atoms with Crippen LogP contribution in [0, 0.1) is 46.3 Å². The second-order valence-corrected chi connectivity index (χ2v) is 11.2. The van der Waals surface area contributed by atoms with Gasteiger partial charge in [0.2, 0.25) is 11.6 Å². The molecule has 0 radical (unpaired) electrons. The molecule has 0 amide bonds. The monoisotopic (exact) mass is 432 g/mol. The third-order valence-corrected chi connectivity index (χ3v) is 10.1. The fourth-order valence-corrected chi connectivity index (χ4v) is 8.48. The lowest BCUT2D eigenvalue weighted by Gasteiger charge is -2.59. The van der Waals surface area contributed by atoms with Gasteiger partial charge in [0.15, 0.2) is 0 Å². The van der Waals surface area contributed by atoms with Crippen molar-refractivity contribution in [3.05, 3.63) is 0 Å². The van der Waals surface area contributed by atoms with Crippen molar-refractivity contribution < 1.29 is 29.0 Å². The lowest BCUT2D eigenvalue weighted by Crippen LogP contribution is -2.62. The molecule has 31 heavy (non-hydrogen) atoms. The quantitative estimate of drug-likeness (QED) is 0.502. The molecule has 4 saturated carbocycles. The summed E-state index contributed by atoms with van der Waals surface area (Å²) >= 11 is 0. The molecule has 0 aromatic carbocycles. The molecular weight excluding hydrogens is 396 g/mol. The Morgan fingerprint density at radius 3 is 2.61 bits per heavy atom. The van der Waals surface area contributed by atoms with Gasteiger partial charge in [0.25, 0.3) is 6.47 Å². The number of carbonyl (C=O) groups is 4. The molecule has 1 N–H and O–H groups in total. The first-order chi connectivity index (χ1) is 14.6. The first kappa shape index (κ1) is 22.5. The van der Waals surface area contributed by atoms with Crippen molar-refractivity contribution in [2.75, 3.05) is 0 Å². The number of fused-ring (bicyclic) bond motifs is 5. The largest absolute Gasteiger partial charge is 0.481 e. The summed E-state index contributed by atoms with van der Waals surface area (Å²) < 4.78 is 5.25. The summed E-state index contributed by atoms with van der Waals surface area (Å²) in [7, 11) is 0. The molecule has 0 aromatic rings. The van der Waals surface area contributed by atoms with Gasteiger partial charge in [0.05, 0.1) is 0 Å². The van der Waals surface area contributed by atoms with E-state index in [1.165, 1.54) is 0 Å². The van der Waals surface area contributed by atoms with E-state index in [2.05, 4.69) is 13.8 Å². The van der Waals surface area contributed by atoms with Crippen molar-refractivity contribution >= 4 is 24.0 Å². The maximum Gasteiger partial charge on any atom is 0.303 e. The van der Waals surface area contributed by atoms with Crippen LogP contribution in [0.4, 0.5) is 0 Å². The number of hydrogen-bond donors (Lipinski definition) is 1. The van der Waals surface area contributed by atoms with Gasteiger partial charge in [-0.25, -0.2) is 0 Å². The summed E-state index contributed by atoms with van der Waals surface area (Å²) in [5.41, 5.74) is -0.857. The van der Waals surface area contributed by atoms with Crippen LogP contribution in [-0.2, 0) is 23.9 Å². The molecule has 4 aliphatic rings. The summed E-state index contributed by atoms with van der Waals surface area (Å²) in [5, 5.41) is 9.09. The van der Waals surface area contributed by atoms with Crippen LogP contribution in [0.15, 0.2) is 0 Å². The van der Waals surface area contributed by atoms with E-state index in [9.17, 15) is 19.2 Å². The number of ketones is 2. The number of ether oxygens (including phenoxy) is 1. The molecule has 0 bridgehead atoms. The number of carbonyl (C=O) groups excluding carboxylic acids is 3. The Bertz CT molecular complexity index is 776. The topological polar surface area (TPSA) is 97.7 Å². The molecule has 0 saturated heterocycles. The molecule has 0 spiro atoms. The average molecular weight is 433 g/mol. The van der Waals surface area contributed by atoms with Crippen molar-refractivity contribution in [1.29, 1.82) is 0 Å². The first-order valence-corrected chi connectivity index (χ1v) is 12.0. The zero-order valence-corrected chi connectivity index (χ0v) is 19.0. The van der Waals surface area contributed by atoms with Gasteiger partial charge in [-0.2, -0.15) is 0 Å². The molecule has 4 fully saturated rings. The third kappa shape index (κ3) is 3.36. The summed E-state index contributed by atoms with van der Waals surface area (Å²) in [4.78, 5) is 49.2. The number of carboxylic acids is 1. The van der Waals surface area contributed by atoms with E-state index in [4.69, 9.17) is 9.84 Å². The van der Waals surface area contributed by atoms with E-state index in [0.29, 0.717) is 18.8 Å². The Balaban J connectivity index is 1.60. The van der Waals surface area contributed by atoms with Gasteiger partial charge in [-0.15, -0.1) is 0 Å². The van der Waals surface area contributed by atoms with Crippen molar-refractivity contribution in [1.82, 2.24) is 0 Å². The van der Waals surface area contributed by atoms with Crippen LogP contribution in [-0.4, -0.2) is 35.2 Å². The van der Waals surface area contributed by atoms with E-state index < -0.39 is 11.4 Å². The van der Waals surface area contributed by atoms with Gasteiger partial charge in [-0.05, 0) is 86.4 Å². The van der Waals surface area contributed by atoms with E-state index >= 15 is 0 Å². The molecule has 0 heterocycles. The number of rotatable bonds is 6. The SMILES string of the molecule is C[C@H](CCC(=O)O)[C@H]1CC[C@H]2[C@@H]3CCC4C[C@H](OC=O)CC[C@]4(C)[C@H]3C(=O)C(=O)[C@]12C. The molecule has 0 aliphatic heterocycles. The number of Topliss-reactive ketones (excluding diaryl/α,β-unsaturated/α-hetero) is 2.